The summed E-state index contributed by atoms with van der Waals surface area (Å²) >= 11 is 1.54. The van der Waals surface area contributed by atoms with Crippen molar-refractivity contribution in [3.05, 3.63) is 129 Å². The molecule has 3 aliphatic heterocycles. The van der Waals surface area contributed by atoms with E-state index in [1.165, 1.54) is 22.5 Å². The monoisotopic (exact) mass is 860 g/mol. The molecule has 3 aliphatic rings. The fraction of sp³-hybridized carbons (Fsp3) is 0.311. The fourth-order valence-corrected chi connectivity index (χ4v) is 9.88. The first-order valence-corrected chi connectivity index (χ1v) is 22.7. The van der Waals surface area contributed by atoms with Crippen LogP contribution in [0.2, 0.25) is 0 Å². The zero-order chi connectivity index (χ0) is 41.7. The number of carbonyl (C=O) groups excluding carboxylic acids is 2. The number of hydrogen-bond acceptors (Lipinski definition) is 11. The van der Waals surface area contributed by atoms with Crippen molar-refractivity contribution < 1.29 is 28.8 Å². The average Bonchev–Trinajstić information content (AvgIpc) is 4.02. The number of aromatic nitrogens is 2. The topological polar surface area (TPSA) is 172 Å². The minimum atomic E-state index is -1.97. The number of quaternary nitrogens is 1. The van der Waals surface area contributed by atoms with Gasteiger partial charge in [0.15, 0.2) is 16.7 Å². The van der Waals surface area contributed by atoms with Crippen LogP contribution < -0.4 is 25.2 Å². The van der Waals surface area contributed by atoms with E-state index in [1.807, 2.05) is 52.1 Å². The number of hydrogen-bond donors (Lipinski definition) is 4. The van der Waals surface area contributed by atoms with Gasteiger partial charge in [0.05, 0.1) is 27.9 Å². The number of H-pyrrole nitrogens is 1. The molecule has 2 atom stereocenters. The number of amides is 2. The van der Waals surface area contributed by atoms with Crippen LogP contribution >= 0.6 is 11.3 Å². The van der Waals surface area contributed by atoms with Crippen LogP contribution in [-0.4, -0.2) is 94.3 Å². The number of pyridine rings is 1. The Bertz CT molecular complexity index is 2520. The minimum absolute atomic E-state index is 0.0463. The average molecular weight is 861 g/mol. The van der Waals surface area contributed by atoms with Crippen LogP contribution in [0, 0.1) is 11.1 Å². The lowest BCUT2D eigenvalue weighted by Crippen LogP contribution is -2.70. The second-order valence-electron chi connectivity index (χ2n) is 15.7. The summed E-state index contributed by atoms with van der Waals surface area (Å²) in [5, 5.41) is 20.2. The number of thiophene rings is 1. The highest BCUT2D eigenvalue weighted by Crippen LogP contribution is 2.33. The van der Waals surface area contributed by atoms with Crippen LogP contribution in [0.3, 0.4) is 0 Å². The van der Waals surface area contributed by atoms with Crippen molar-refractivity contribution >= 4 is 62.2 Å². The molecule has 3 aromatic carbocycles. The molecule has 5 N–H and O–H groups in total. The zero-order valence-corrected chi connectivity index (χ0v) is 35.2. The predicted molar refractivity (Wildman–Crippen MR) is 237 cm³/mol. The van der Waals surface area contributed by atoms with Gasteiger partial charge in [-0.2, -0.15) is 11.3 Å². The van der Waals surface area contributed by atoms with E-state index in [1.54, 1.807) is 36.7 Å². The second kappa shape index (κ2) is 18.6. The smallest absolute Gasteiger partial charge is 0.266 e. The number of nitrogens with two attached hydrogens (primary N) is 1. The maximum Gasteiger partial charge on any atom is 0.266 e. The van der Waals surface area contributed by atoms with Gasteiger partial charge in [-0.25, -0.2) is 9.19 Å². The summed E-state index contributed by atoms with van der Waals surface area (Å²) in [4.78, 5) is 42.2. The van der Waals surface area contributed by atoms with Crippen LogP contribution in [0.1, 0.15) is 44.7 Å². The normalized spacial score (nSPS) is 17.8. The molecule has 0 aliphatic carbocycles. The molecule has 9 rings (SSSR count). The molecule has 316 valence electrons. The van der Waals surface area contributed by atoms with Crippen LogP contribution in [0.5, 0.6) is 11.5 Å². The van der Waals surface area contributed by atoms with Gasteiger partial charge in [0.25, 0.3) is 11.8 Å². The van der Waals surface area contributed by atoms with Crippen molar-refractivity contribution in [3.8, 4) is 11.5 Å². The number of rotatable bonds is 13. The number of nitrogens with zero attached hydrogens (tertiary/aromatic N) is 4. The number of benzene rings is 3. The predicted octanol–water partition coefficient (Wildman–Crippen LogP) is 5.79. The molecule has 2 fully saturated rings. The molecule has 6 heterocycles. The molecule has 0 bridgehead atoms. The molecular formula is C45H48N8O6S2. The Hall–Kier alpha value is -5.62. The molecule has 0 saturated carbocycles. The van der Waals surface area contributed by atoms with Crippen LogP contribution in [0.4, 0.5) is 17.1 Å². The first-order valence-electron chi connectivity index (χ1n) is 20.6. The van der Waals surface area contributed by atoms with E-state index in [0.29, 0.717) is 46.7 Å². The standard InChI is InChI=1S/C45H48N8O6S2/c54-44(50-61(57)38-6-8-40(41(24-38)49-56)47-25-30-10-18-58-19-11-30)39-7-5-35(23-42(39)59-37-22-32-9-13-46-43(32)48-26-37)52-16-14-51(15-17-52)28-36-21-31-3-1-2-4-33(31)27-53(36)45(55)34-12-20-60-29-34/h1-9,12-13,20,22-24,26,29-30,36,47H,10-11,14-19,21,25,27-28,49H2,(H,46,48)(H,50,54)/t36-,61?/m1/s1. The van der Waals surface area contributed by atoms with Gasteiger partial charge < -0.3 is 40.3 Å². The summed E-state index contributed by atoms with van der Waals surface area (Å²) in [6.07, 6.45) is 6.11. The van der Waals surface area contributed by atoms with E-state index in [0.717, 1.165) is 87.3 Å². The van der Waals surface area contributed by atoms with Crippen molar-refractivity contribution in [2.24, 2.45) is 5.92 Å². The number of piperazine rings is 1. The van der Waals surface area contributed by atoms with Gasteiger partial charge in [-0.3, -0.25) is 19.2 Å². The zero-order valence-electron chi connectivity index (χ0n) is 33.6. The molecule has 2 amide bonds. The molecule has 2 saturated heterocycles. The van der Waals surface area contributed by atoms with E-state index in [4.69, 9.17) is 9.47 Å². The maximum absolute atomic E-state index is 13.9. The molecule has 16 heteroatoms. The lowest BCUT2D eigenvalue weighted by atomic mass is 9.93. The third kappa shape index (κ3) is 9.34. The number of anilines is 2. The molecule has 0 spiro atoms. The Morgan fingerprint density at radius 3 is 2.64 bits per heavy atom. The molecule has 61 heavy (non-hydrogen) atoms. The van der Waals surface area contributed by atoms with Gasteiger partial charge in [0.2, 0.25) is 0 Å². The van der Waals surface area contributed by atoms with Gasteiger partial charge in [-0.1, -0.05) is 24.3 Å². The van der Waals surface area contributed by atoms with Crippen LogP contribution in [-0.2, 0) is 28.7 Å². The van der Waals surface area contributed by atoms with E-state index in [2.05, 4.69) is 48.0 Å². The van der Waals surface area contributed by atoms with Gasteiger partial charge in [0.1, 0.15) is 17.1 Å². The summed E-state index contributed by atoms with van der Waals surface area (Å²) in [7, 11) is -1.97. The van der Waals surface area contributed by atoms with Crippen molar-refractivity contribution in [3.63, 3.8) is 0 Å². The molecular weight excluding hydrogens is 813 g/mol. The number of carbonyl (C=O) groups is 2. The van der Waals surface area contributed by atoms with Gasteiger partial charge in [0, 0.05) is 99.9 Å². The van der Waals surface area contributed by atoms with Crippen molar-refractivity contribution in [1.82, 2.24) is 24.5 Å². The first kappa shape index (κ1) is 40.8. The third-order valence-corrected chi connectivity index (χ3v) is 13.6. The Morgan fingerprint density at radius 2 is 1.84 bits per heavy atom. The number of fused-ring (bicyclic) bond motifs is 2. The summed E-state index contributed by atoms with van der Waals surface area (Å²) in [5.41, 5.74) is 6.76. The Kier molecular flexibility index (Phi) is 12.4. The largest absolute Gasteiger partial charge is 0.630 e. The summed E-state index contributed by atoms with van der Waals surface area (Å²) < 4.78 is 28.1. The van der Waals surface area contributed by atoms with Gasteiger partial charge >= 0.3 is 0 Å². The quantitative estimate of drug-likeness (QED) is 0.0824. The number of aromatic amines is 1. The first-order chi connectivity index (χ1) is 29.9. The van der Waals surface area contributed by atoms with E-state index in [-0.39, 0.29) is 23.3 Å². The van der Waals surface area contributed by atoms with E-state index >= 15 is 0 Å². The SMILES string of the molecule is O=C(NS(=O)c1ccc(NCC2CCOCC2)c([NH2+][O-])c1)c1ccc(N2CCN(C[C@H]3Cc4ccccc4CN3C(=O)c3ccsc3)CC2)cc1Oc1cnc2[nH]ccc2c1. The van der Waals surface area contributed by atoms with Crippen molar-refractivity contribution in [1.29, 1.82) is 0 Å². The Labute approximate surface area is 360 Å². The second-order valence-corrected chi connectivity index (χ2v) is 17.7. The summed E-state index contributed by atoms with van der Waals surface area (Å²) in [5.74, 6) is 0.657. The molecule has 14 nitrogen and oxygen atoms in total. The van der Waals surface area contributed by atoms with Crippen molar-refractivity contribution in [2.75, 3.05) is 62.7 Å². The van der Waals surface area contributed by atoms with E-state index < -0.39 is 16.9 Å². The molecule has 6 aromatic rings. The van der Waals surface area contributed by atoms with Crippen LogP contribution in [0.25, 0.3) is 11.0 Å². The highest BCUT2D eigenvalue weighted by molar-refractivity contribution is 7.83. The maximum atomic E-state index is 13.9. The number of nitrogens with one attached hydrogen (secondary N) is 3. The van der Waals surface area contributed by atoms with Crippen LogP contribution in [0.15, 0.2) is 107 Å². The summed E-state index contributed by atoms with van der Waals surface area (Å²) in [6, 6.07) is 24.4. The Balaban J connectivity index is 0.896. The van der Waals surface area contributed by atoms with Gasteiger partial charge in [-0.05, 0) is 84.2 Å². The molecule has 1 unspecified atom stereocenters. The third-order valence-electron chi connectivity index (χ3n) is 11.9. The minimum Gasteiger partial charge on any atom is -0.630 e. The fourth-order valence-electron chi connectivity index (χ4n) is 8.43. The highest BCUT2D eigenvalue weighted by atomic mass is 32.2. The van der Waals surface area contributed by atoms with Crippen molar-refractivity contribution in [2.45, 2.75) is 36.7 Å². The lowest BCUT2D eigenvalue weighted by molar-refractivity contribution is -0.496. The molecule has 3 aromatic heterocycles. The lowest BCUT2D eigenvalue weighted by Gasteiger charge is -2.42. The Morgan fingerprint density at radius 1 is 1.00 bits per heavy atom. The summed E-state index contributed by atoms with van der Waals surface area (Å²) in [6.45, 7) is 6.56. The van der Waals surface area contributed by atoms with E-state index in [9.17, 15) is 19.0 Å². The highest BCUT2D eigenvalue weighted by Gasteiger charge is 2.33. The number of ether oxygens (including phenoxy) is 2. The molecule has 0 radical (unpaired) electrons. The van der Waals surface area contributed by atoms with Gasteiger partial charge in [-0.15, -0.1) is 0 Å².